The molecule has 0 bridgehead atoms. The van der Waals surface area contributed by atoms with E-state index in [1.165, 1.54) is 4.90 Å². The summed E-state index contributed by atoms with van der Waals surface area (Å²) < 4.78 is 0. The largest absolute Gasteiger partial charge is 0.123 e. The summed E-state index contributed by atoms with van der Waals surface area (Å²) in [4.78, 5) is 1.36. The first-order valence-corrected chi connectivity index (χ1v) is 4.38. The zero-order chi connectivity index (χ0) is 7.40. The molecule has 0 radical (unpaired) electrons. The minimum Gasteiger partial charge on any atom is -0.123 e. The minimum absolute atomic E-state index is 0. The number of thioether (sulfide) groups is 1. The Morgan fingerprint density at radius 1 is 1.00 bits per heavy atom. The van der Waals surface area contributed by atoms with E-state index in [4.69, 9.17) is 0 Å². The van der Waals surface area contributed by atoms with Crippen LogP contribution in [0.2, 0.25) is 0 Å². The Balaban J connectivity index is 0. The Hall–Kier alpha value is -0.430. The number of hydrogen-bond acceptors (Lipinski definition) is 1. The topological polar surface area (TPSA) is 0 Å². The van der Waals surface area contributed by atoms with Gasteiger partial charge in [-0.3, -0.25) is 0 Å². The van der Waals surface area contributed by atoms with Crippen LogP contribution in [0.4, 0.5) is 0 Å². The third kappa shape index (κ3) is 5.25. The molecule has 0 aromatic heterocycles. The third-order valence-corrected chi connectivity index (χ3v) is 2.13. The number of benzene rings is 1. The maximum atomic E-state index is 2.21. The van der Waals surface area contributed by atoms with Crippen LogP contribution in [0.5, 0.6) is 0 Å². The van der Waals surface area contributed by atoms with E-state index in [1.54, 1.807) is 0 Å². The summed E-state index contributed by atoms with van der Waals surface area (Å²) in [6.45, 7) is 4.41. The average molecular weight is 184 g/mol. The molecule has 1 aromatic rings. The Kier molecular flexibility index (Phi) is 8.51. The predicted molar refractivity (Wildman–Crippen MR) is 60.9 cm³/mol. The summed E-state index contributed by atoms with van der Waals surface area (Å²) in [5, 5.41) is 0.683. The first kappa shape index (κ1) is 14.1. The highest BCUT2D eigenvalue weighted by Gasteiger charge is 1.94. The molecule has 1 rings (SSSR count). The lowest BCUT2D eigenvalue weighted by Crippen LogP contribution is -1.84. The molecule has 0 spiro atoms. The van der Waals surface area contributed by atoms with E-state index in [0.29, 0.717) is 5.25 Å². The van der Waals surface area contributed by atoms with Crippen LogP contribution >= 0.6 is 11.8 Å². The first-order chi connectivity index (χ1) is 4.79. The SMILES string of the molecule is C.C.CC(C)Sc1ccccc1. The lowest BCUT2D eigenvalue weighted by molar-refractivity contribution is 1.11. The molecular weight excluding hydrogens is 164 g/mol. The molecule has 0 aliphatic rings. The van der Waals surface area contributed by atoms with Gasteiger partial charge < -0.3 is 0 Å². The molecule has 0 fully saturated rings. The lowest BCUT2D eigenvalue weighted by Gasteiger charge is -2.02. The Bertz CT molecular complexity index is 179. The summed E-state index contributed by atoms with van der Waals surface area (Å²) in [6, 6.07) is 10.5. The maximum Gasteiger partial charge on any atom is 0.00745 e. The van der Waals surface area contributed by atoms with E-state index in [1.807, 2.05) is 17.8 Å². The van der Waals surface area contributed by atoms with Crippen LogP contribution in [0.3, 0.4) is 0 Å². The maximum absolute atomic E-state index is 2.21. The van der Waals surface area contributed by atoms with Gasteiger partial charge in [0.15, 0.2) is 0 Å². The molecule has 70 valence electrons. The van der Waals surface area contributed by atoms with Crippen molar-refractivity contribution in [2.75, 3.05) is 0 Å². The summed E-state index contributed by atoms with van der Waals surface area (Å²) in [5.74, 6) is 0. The highest BCUT2D eigenvalue weighted by molar-refractivity contribution is 7.99. The lowest BCUT2D eigenvalue weighted by atomic mass is 10.4. The second kappa shape index (κ2) is 7.23. The molecule has 0 N–H and O–H groups in total. The molecule has 0 aliphatic carbocycles. The fourth-order valence-corrected chi connectivity index (χ4v) is 1.63. The van der Waals surface area contributed by atoms with Crippen LogP contribution < -0.4 is 0 Å². The Morgan fingerprint density at radius 3 is 1.92 bits per heavy atom. The fraction of sp³-hybridized carbons (Fsp3) is 0.455. The van der Waals surface area contributed by atoms with Gasteiger partial charge in [0.2, 0.25) is 0 Å². The van der Waals surface area contributed by atoms with Crippen molar-refractivity contribution in [3.8, 4) is 0 Å². The molecule has 1 aromatic carbocycles. The van der Waals surface area contributed by atoms with Crippen molar-refractivity contribution in [3.63, 3.8) is 0 Å². The van der Waals surface area contributed by atoms with Crippen molar-refractivity contribution in [2.45, 2.75) is 38.8 Å². The van der Waals surface area contributed by atoms with Gasteiger partial charge in [-0.2, -0.15) is 0 Å². The smallest absolute Gasteiger partial charge is 0.00745 e. The fourth-order valence-electron chi connectivity index (χ4n) is 0.771. The zero-order valence-corrected chi connectivity index (χ0v) is 7.19. The van der Waals surface area contributed by atoms with Gasteiger partial charge in [-0.25, -0.2) is 0 Å². The molecule has 0 aliphatic heterocycles. The van der Waals surface area contributed by atoms with Gasteiger partial charge in [0, 0.05) is 10.1 Å². The van der Waals surface area contributed by atoms with Crippen molar-refractivity contribution in [3.05, 3.63) is 30.3 Å². The quantitative estimate of drug-likeness (QED) is 0.611. The highest BCUT2D eigenvalue weighted by Crippen LogP contribution is 2.21. The van der Waals surface area contributed by atoms with Crippen molar-refractivity contribution >= 4 is 11.8 Å². The van der Waals surface area contributed by atoms with Crippen LogP contribution in [-0.2, 0) is 0 Å². The number of hydrogen-bond donors (Lipinski definition) is 0. The van der Waals surface area contributed by atoms with E-state index in [2.05, 4.69) is 38.1 Å². The monoisotopic (exact) mass is 184 g/mol. The van der Waals surface area contributed by atoms with Gasteiger partial charge in [-0.1, -0.05) is 46.9 Å². The van der Waals surface area contributed by atoms with E-state index in [0.717, 1.165) is 0 Å². The summed E-state index contributed by atoms with van der Waals surface area (Å²) in [5.41, 5.74) is 0. The van der Waals surface area contributed by atoms with Gasteiger partial charge in [0.1, 0.15) is 0 Å². The van der Waals surface area contributed by atoms with Crippen LogP contribution in [0, 0.1) is 0 Å². The Labute approximate surface area is 81.4 Å². The van der Waals surface area contributed by atoms with Gasteiger partial charge in [-0.15, -0.1) is 11.8 Å². The van der Waals surface area contributed by atoms with Crippen LogP contribution in [0.25, 0.3) is 0 Å². The highest BCUT2D eigenvalue weighted by atomic mass is 32.2. The molecule has 0 unspecified atom stereocenters. The molecular formula is C11H20S. The molecule has 1 heteroatoms. The van der Waals surface area contributed by atoms with Gasteiger partial charge in [-0.05, 0) is 12.1 Å². The molecule has 0 saturated heterocycles. The summed E-state index contributed by atoms with van der Waals surface area (Å²) >= 11 is 1.90. The summed E-state index contributed by atoms with van der Waals surface area (Å²) in [7, 11) is 0. The van der Waals surface area contributed by atoms with Crippen molar-refractivity contribution < 1.29 is 0 Å². The van der Waals surface area contributed by atoms with Crippen molar-refractivity contribution in [1.82, 2.24) is 0 Å². The van der Waals surface area contributed by atoms with E-state index in [-0.39, 0.29) is 14.9 Å². The Morgan fingerprint density at radius 2 is 1.50 bits per heavy atom. The average Bonchev–Trinajstić information content (AvgIpc) is 1.88. The standard InChI is InChI=1S/C9H12S.2CH4/c1-8(2)10-9-6-4-3-5-7-9;;/h3-8H,1-2H3;2*1H4. The normalized spacial score (nSPS) is 8.58. The molecule has 0 nitrogen and oxygen atoms in total. The third-order valence-electron chi connectivity index (χ3n) is 1.11. The van der Waals surface area contributed by atoms with Crippen molar-refractivity contribution in [1.29, 1.82) is 0 Å². The molecule has 12 heavy (non-hydrogen) atoms. The van der Waals surface area contributed by atoms with Crippen LogP contribution in [-0.4, -0.2) is 5.25 Å². The van der Waals surface area contributed by atoms with Gasteiger partial charge >= 0.3 is 0 Å². The molecule has 0 amide bonds. The van der Waals surface area contributed by atoms with Crippen LogP contribution in [0.15, 0.2) is 35.2 Å². The first-order valence-electron chi connectivity index (χ1n) is 3.51. The molecule has 0 saturated carbocycles. The van der Waals surface area contributed by atoms with Gasteiger partial charge in [0.25, 0.3) is 0 Å². The van der Waals surface area contributed by atoms with E-state index < -0.39 is 0 Å². The second-order valence-electron chi connectivity index (χ2n) is 2.48. The molecule has 0 atom stereocenters. The van der Waals surface area contributed by atoms with Gasteiger partial charge in [0.05, 0.1) is 0 Å². The van der Waals surface area contributed by atoms with E-state index in [9.17, 15) is 0 Å². The number of rotatable bonds is 2. The molecule has 0 heterocycles. The minimum atomic E-state index is 0. The predicted octanol–water partition coefficient (Wildman–Crippen LogP) is 4.46. The second-order valence-corrected chi connectivity index (χ2v) is 4.13. The van der Waals surface area contributed by atoms with Crippen LogP contribution in [0.1, 0.15) is 28.7 Å². The zero-order valence-electron chi connectivity index (χ0n) is 6.37. The van der Waals surface area contributed by atoms with Crippen molar-refractivity contribution in [2.24, 2.45) is 0 Å². The van der Waals surface area contributed by atoms with E-state index >= 15 is 0 Å². The summed E-state index contributed by atoms with van der Waals surface area (Å²) in [6.07, 6.45) is 0.